The van der Waals surface area contributed by atoms with E-state index >= 15 is 0 Å². The molecule has 0 heterocycles. The number of rotatable bonds is 1. The molecule has 1 aliphatic rings. The first-order valence-electron chi connectivity index (χ1n) is 3.01. The lowest BCUT2D eigenvalue weighted by atomic mass is 10.1. The molecule has 0 spiro atoms. The van der Waals surface area contributed by atoms with Crippen molar-refractivity contribution in [1.82, 2.24) is 0 Å². The van der Waals surface area contributed by atoms with E-state index in [1.165, 1.54) is 0 Å². The van der Waals surface area contributed by atoms with Gasteiger partial charge in [-0.1, -0.05) is 13.8 Å². The molecule has 1 fully saturated rings. The zero-order chi connectivity index (χ0) is 6.41. The van der Waals surface area contributed by atoms with E-state index in [2.05, 4.69) is 13.8 Å². The quantitative estimate of drug-likeness (QED) is 0.507. The Hall–Kier alpha value is -0.0800. The topological polar surface area (TPSA) is 52.0 Å². The van der Waals surface area contributed by atoms with Crippen molar-refractivity contribution in [3.63, 3.8) is 0 Å². The van der Waals surface area contributed by atoms with Crippen LogP contribution >= 0.6 is 0 Å². The van der Waals surface area contributed by atoms with Gasteiger partial charge >= 0.3 is 0 Å². The fourth-order valence-electron chi connectivity index (χ4n) is 1.09. The van der Waals surface area contributed by atoms with Crippen molar-refractivity contribution in [2.75, 3.05) is 6.54 Å². The number of nitrogens with two attached hydrogens (primary N) is 2. The van der Waals surface area contributed by atoms with Gasteiger partial charge in [0, 0.05) is 12.1 Å². The standard InChI is InChI=1S/C6H14N2/c1-5(2)3-6(5,8)4-7/h3-4,7-8H2,1-2H3/t6-/m0/s1. The molecule has 0 aromatic carbocycles. The normalized spacial score (nSPS) is 42.0. The van der Waals surface area contributed by atoms with Gasteiger partial charge in [-0.25, -0.2) is 0 Å². The van der Waals surface area contributed by atoms with E-state index in [1.807, 2.05) is 0 Å². The third-order valence-electron chi connectivity index (χ3n) is 2.34. The lowest BCUT2D eigenvalue weighted by Gasteiger charge is -2.09. The summed E-state index contributed by atoms with van der Waals surface area (Å²) < 4.78 is 0. The van der Waals surface area contributed by atoms with Crippen molar-refractivity contribution in [2.24, 2.45) is 16.9 Å². The van der Waals surface area contributed by atoms with Crippen LogP contribution in [-0.2, 0) is 0 Å². The van der Waals surface area contributed by atoms with Gasteiger partial charge in [0.2, 0.25) is 0 Å². The van der Waals surface area contributed by atoms with Crippen LogP contribution in [0.3, 0.4) is 0 Å². The van der Waals surface area contributed by atoms with E-state index in [4.69, 9.17) is 11.5 Å². The molecule has 4 N–H and O–H groups in total. The predicted octanol–water partition coefficient (Wildman–Crippen LogP) is 0.0725. The fraction of sp³-hybridized carbons (Fsp3) is 1.00. The number of hydrogen-bond donors (Lipinski definition) is 2. The molecule has 1 atom stereocenters. The smallest absolute Gasteiger partial charge is 0.0336 e. The van der Waals surface area contributed by atoms with E-state index in [-0.39, 0.29) is 5.54 Å². The molecule has 0 saturated heterocycles. The molecule has 0 aliphatic heterocycles. The zero-order valence-corrected chi connectivity index (χ0v) is 5.57. The highest BCUT2D eigenvalue weighted by Gasteiger charge is 2.57. The Labute approximate surface area is 50.2 Å². The van der Waals surface area contributed by atoms with Crippen LogP contribution < -0.4 is 11.5 Å². The highest BCUT2D eigenvalue weighted by Crippen LogP contribution is 2.52. The Morgan fingerprint density at radius 3 is 1.88 bits per heavy atom. The third-order valence-corrected chi connectivity index (χ3v) is 2.34. The van der Waals surface area contributed by atoms with Gasteiger partial charge < -0.3 is 11.5 Å². The molecule has 2 nitrogen and oxygen atoms in total. The monoisotopic (exact) mass is 114 g/mol. The minimum atomic E-state index is -0.0347. The van der Waals surface area contributed by atoms with Crippen molar-refractivity contribution >= 4 is 0 Å². The predicted molar refractivity (Wildman–Crippen MR) is 34.4 cm³/mol. The lowest BCUT2D eigenvalue weighted by molar-refractivity contribution is 0.500. The summed E-state index contributed by atoms with van der Waals surface area (Å²) in [4.78, 5) is 0. The average Bonchev–Trinajstić information content (AvgIpc) is 2.10. The molecule has 0 aromatic heterocycles. The summed E-state index contributed by atoms with van der Waals surface area (Å²) in [6.45, 7) is 4.93. The summed E-state index contributed by atoms with van der Waals surface area (Å²) in [5, 5.41) is 0. The fourth-order valence-corrected chi connectivity index (χ4v) is 1.09. The molecule has 0 amide bonds. The second kappa shape index (κ2) is 1.25. The maximum atomic E-state index is 5.80. The van der Waals surface area contributed by atoms with Gasteiger partial charge in [-0.2, -0.15) is 0 Å². The first-order chi connectivity index (χ1) is 3.52. The van der Waals surface area contributed by atoms with Crippen LogP contribution in [0.1, 0.15) is 20.3 Å². The van der Waals surface area contributed by atoms with Gasteiger partial charge in [-0.05, 0) is 11.8 Å². The average molecular weight is 114 g/mol. The summed E-state index contributed by atoms with van der Waals surface area (Å²) in [6, 6.07) is 0. The largest absolute Gasteiger partial charge is 0.329 e. The third kappa shape index (κ3) is 0.565. The number of hydrogen-bond acceptors (Lipinski definition) is 2. The Morgan fingerprint density at radius 1 is 1.50 bits per heavy atom. The minimum absolute atomic E-state index is 0.0347. The molecule has 48 valence electrons. The molecule has 8 heavy (non-hydrogen) atoms. The van der Waals surface area contributed by atoms with Crippen LogP contribution in [0.5, 0.6) is 0 Å². The molecular weight excluding hydrogens is 100 g/mol. The van der Waals surface area contributed by atoms with Crippen molar-refractivity contribution in [3.8, 4) is 0 Å². The van der Waals surface area contributed by atoms with Crippen LogP contribution in [0.4, 0.5) is 0 Å². The molecule has 0 radical (unpaired) electrons. The van der Waals surface area contributed by atoms with Crippen LogP contribution in [0.25, 0.3) is 0 Å². The summed E-state index contributed by atoms with van der Waals surface area (Å²) in [7, 11) is 0. The minimum Gasteiger partial charge on any atom is -0.329 e. The van der Waals surface area contributed by atoms with Crippen LogP contribution in [0.2, 0.25) is 0 Å². The highest BCUT2D eigenvalue weighted by atomic mass is 14.9. The van der Waals surface area contributed by atoms with Gasteiger partial charge in [0.1, 0.15) is 0 Å². The molecule has 0 bridgehead atoms. The maximum absolute atomic E-state index is 5.80. The molecule has 1 rings (SSSR count). The van der Waals surface area contributed by atoms with E-state index in [1.54, 1.807) is 0 Å². The maximum Gasteiger partial charge on any atom is 0.0336 e. The lowest BCUT2D eigenvalue weighted by Crippen LogP contribution is -2.36. The van der Waals surface area contributed by atoms with E-state index < -0.39 is 0 Å². The molecule has 1 saturated carbocycles. The summed E-state index contributed by atoms with van der Waals surface area (Å²) in [5.74, 6) is 0. The van der Waals surface area contributed by atoms with Gasteiger partial charge in [-0.15, -0.1) is 0 Å². The van der Waals surface area contributed by atoms with Gasteiger partial charge in [0.15, 0.2) is 0 Å². The van der Waals surface area contributed by atoms with E-state index in [0.29, 0.717) is 12.0 Å². The summed E-state index contributed by atoms with van der Waals surface area (Å²) >= 11 is 0. The van der Waals surface area contributed by atoms with Crippen molar-refractivity contribution in [1.29, 1.82) is 0 Å². The Kier molecular flexibility index (Phi) is 0.946. The molecule has 1 aliphatic carbocycles. The second-order valence-corrected chi connectivity index (χ2v) is 3.42. The second-order valence-electron chi connectivity index (χ2n) is 3.42. The van der Waals surface area contributed by atoms with Gasteiger partial charge in [-0.3, -0.25) is 0 Å². The molecule has 0 unspecified atom stereocenters. The van der Waals surface area contributed by atoms with E-state index in [0.717, 1.165) is 6.42 Å². The van der Waals surface area contributed by atoms with Crippen LogP contribution in [0, 0.1) is 5.41 Å². The van der Waals surface area contributed by atoms with Gasteiger partial charge in [0.25, 0.3) is 0 Å². The summed E-state index contributed by atoms with van der Waals surface area (Å²) in [6.07, 6.45) is 1.08. The van der Waals surface area contributed by atoms with E-state index in [9.17, 15) is 0 Å². The molecule has 2 heteroatoms. The van der Waals surface area contributed by atoms with Crippen molar-refractivity contribution < 1.29 is 0 Å². The first kappa shape index (κ1) is 6.05. The van der Waals surface area contributed by atoms with Crippen molar-refractivity contribution in [3.05, 3.63) is 0 Å². The van der Waals surface area contributed by atoms with Gasteiger partial charge in [0.05, 0.1) is 0 Å². The van der Waals surface area contributed by atoms with Crippen molar-refractivity contribution in [2.45, 2.75) is 25.8 Å². The summed E-state index contributed by atoms with van der Waals surface area (Å²) in [5.41, 5.74) is 11.5. The van der Waals surface area contributed by atoms with Crippen LogP contribution in [-0.4, -0.2) is 12.1 Å². The Balaban J connectivity index is 2.55. The SMILES string of the molecule is CC1(C)C[C@]1(N)CN. The zero-order valence-electron chi connectivity index (χ0n) is 5.57. The van der Waals surface area contributed by atoms with Crippen LogP contribution in [0.15, 0.2) is 0 Å². The Morgan fingerprint density at radius 2 is 1.88 bits per heavy atom. The Bertz CT molecular complexity index is 109. The first-order valence-corrected chi connectivity index (χ1v) is 3.01. The molecular formula is C6H14N2. The highest BCUT2D eigenvalue weighted by molar-refractivity contribution is 5.15. The molecule has 0 aromatic rings.